The number of ether oxygens (including phenoxy) is 1. The average Bonchev–Trinajstić information content (AvgIpc) is 2.38. The van der Waals surface area contributed by atoms with E-state index in [1.54, 1.807) is 0 Å². The summed E-state index contributed by atoms with van der Waals surface area (Å²) in [5.74, 6) is 0.0419. The Labute approximate surface area is 107 Å². The van der Waals surface area contributed by atoms with Crippen LogP contribution in [0, 0.1) is 5.92 Å². The van der Waals surface area contributed by atoms with Crippen molar-refractivity contribution in [1.29, 1.82) is 0 Å². The minimum absolute atomic E-state index is 0.132. The van der Waals surface area contributed by atoms with E-state index < -0.39 is 11.7 Å². The maximum absolute atomic E-state index is 11.8. The number of benzene rings is 1. The summed E-state index contributed by atoms with van der Waals surface area (Å²) in [5, 5.41) is 9.93. The molecule has 3 aliphatic carbocycles. The fraction of sp³-hybridized carbons (Fsp3) is 0.533. The molecule has 1 aromatic rings. The molecule has 0 aromatic heterocycles. The largest absolute Gasteiger partial charge is 0.392 e. The molecule has 3 nitrogen and oxygen atoms in total. The summed E-state index contributed by atoms with van der Waals surface area (Å²) in [7, 11) is 0. The first-order valence-corrected chi connectivity index (χ1v) is 6.57. The summed E-state index contributed by atoms with van der Waals surface area (Å²) in [6.07, 6.45) is 2.25. The molecule has 1 N–H and O–H groups in total. The number of aliphatic hydroxyl groups is 1. The Morgan fingerprint density at radius 2 is 2.11 bits per heavy atom. The zero-order chi connectivity index (χ0) is 12.6. The number of carbonyl (C=O) groups excluding carboxylic acids is 1. The molecule has 0 amide bonds. The van der Waals surface area contributed by atoms with Crippen molar-refractivity contribution in [3.63, 3.8) is 0 Å². The van der Waals surface area contributed by atoms with E-state index in [1.807, 2.05) is 30.3 Å². The smallest absolute Gasteiger partial charge is 0.141 e. The molecule has 3 saturated carbocycles. The van der Waals surface area contributed by atoms with Gasteiger partial charge in [-0.1, -0.05) is 30.3 Å². The van der Waals surface area contributed by atoms with Gasteiger partial charge in [-0.3, -0.25) is 4.79 Å². The van der Waals surface area contributed by atoms with E-state index in [1.165, 1.54) is 0 Å². The van der Waals surface area contributed by atoms with Crippen LogP contribution in [0.4, 0.5) is 0 Å². The first kappa shape index (κ1) is 11.9. The molecule has 4 rings (SSSR count). The van der Waals surface area contributed by atoms with Crippen LogP contribution in [0.1, 0.15) is 31.2 Å². The van der Waals surface area contributed by atoms with Crippen LogP contribution < -0.4 is 0 Å². The summed E-state index contributed by atoms with van der Waals surface area (Å²) >= 11 is 0. The van der Waals surface area contributed by atoms with Gasteiger partial charge in [0.1, 0.15) is 5.78 Å². The number of fused-ring (bicyclic) bond motifs is 3. The van der Waals surface area contributed by atoms with Crippen LogP contribution in [0.25, 0.3) is 0 Å². The number of Topliss-reactive ketones (excluding diaryl/α,β-unsaturated/α-hetero) is 1. The molecule has 2 bridgehead atoms. The molecule has 3 aliphatic rings. The van der Waals surface area contributed by atoms with Gasteiger partial charge >= 0.3 is 0 Å². The Morgan fingerprint density at radius 1 is 1.33 bits per heavy atom. The van der Waals surface area contributed by atoms with Crippen molar-refractivity contribution in [3.8, 4) is 0 Å². The predicted molar refractivity (Wildman–Crippen MR) is 66.9 cm³/mol. The first-order chi connectivity index (χ1) is 8.69. The zero-order valence-electron chi connectivity index (χ0n) is 10.3. The lowest BCUT2D eigenvalue weighted by molar-refractivity contribution is -0.172. The third kappa shape index (κ3) is 2.08. The van der Waals surface area contributed by atoms with E-state index in [4.69, 9.17) is 4.74 Å². The molecular formula is C15H18O3. The average molecular weight is 246 g/mol. The third-order valence-electron chi connectivity index (χ3n) is 4.25. The van der Waals surface area contributed by atoms with Gasteiger partial charge in [-0.25, -0.2) is 0 Å². The van der Waals surface area contributed by atoms with Crippen molar-refractivity contribution < 1.29 is 14.6 Å². The van der Waals surface area contributed by atoms with Gasteiger partial charge < -0.3 is 9.84 Å². The highest BCUT2D eigenvalue weighted by molar-refractivity contribution is 5.84. The number of ketones is 1. The molecule has 0 aliphatic heterocycles. The van der Waals surface area contributed by atoms with Gasteiger partial charge in [0.05, 0.1) is 18.3 Å². The standard InChI is InChI=1S/C15H18O3/c16-13-8-15(7-6-12(13)14(17)9-15)18-10-11-4-2-1-3-5-11/h1-5,12-13,16H,6-10H2. The summed E-state index contributed by atoms with van der Waals surface area (Å²) in [6.45, 7) is 0.519. The number of rotatable bonds is 3. The lowest BCUT2D eigenvalue weighted by atomic mass is 9.65. The minimum atomic E-state index is -0.504. The molecule has 0 heterocycles. The zero-order valence-corrected chi connectivity index (χ0v) is 10.3. The van der Waals surface area contributed by atoms with Gasteiger partial charge in [-0.15, -0.1) is 0 Å². The van der Waals surface area contributed by atoms with Crippen LogP contribution in [0.5, 0.6) is 0 Å². The van der Waals surface area contributed by atoms with Gasteiger partial charge in [0.25, 0.3) is 0 Å². The Kier molecular flexibility index (Phi) is 2.96. The second-order valence-corrected chi connectivity index (χ2v) is 5.52. The fourth-order valence-corrected chi connectivity index (χ4v) is 3.21. The maximum atomic E-state index is 11.8. The van der Waals surface area contributed by atoms with Gasteiger partial charge in [-0.2, -0.15) is 0 Å². The van der Waals surface area contributed by atoms with Gasteiger partial charge in [0.15, 0.2) is 0 Å². The molecule has 18 heavy (non-hydrogen) atoms. The van der Waals surface area contributed by atoms with Crippen LogP contribution in [0.2, 0.25) is 0 Å². The van der Waals surface area contributed by atoms with Gasteiger partial charge in [-0.05, 0) is 18.4 Å². The van der Waals surface area contributed by atoms with E-state index in [9.17, 15) is 9.90 Å². The Hall–Kier alpha value is -1.19. The molecule has 3 atom stereocenters. The van der Waals surface area contributed by atoms with Crippen LogP contribution in [-0.4, -0.2) is 22.6 Å². The quantitative estimate of drug-likeness (QED) is 0.888. The minimum Gasteiger partial charge on any atom is -0.392 e. The normalized spacial score (nSPS) is 34.8. The highest BCUT2D eigenvalue weighted by Gasteiger charge is 2.50. The number of carbonyl (C=O) groups is 1. The topological polar surface area (TPSA) is 46.5 Å². The first-order valence-electron chi connectivity index (χ1n) is 6.57. The lowest BCUT2D eigenvalue weighted by Crippen LogP contribution is -2.54. The van der Waals surface area contributed by atoms with E-state index in [2.05, 4.69) is 0 Å². The van der Waals surface area contributed by atoms with Crippen molar-refractivity contribution >= 4 is 5.78 Å². The molecule has 0 saturated heterocycles. The summed E-state index contributed by atoms with van der Waals surface area (Å²) in [4.78, 5) is 11.8. The lowest BCUT2D eigenvalue weighted by Gasteiger charge is -2.47. The SMILES string of the molecule is O=C1CC2(OCc3ccccc3)CCC1C(O)C2. The van der Waals surface area contributed by atoms with Crippen molar-refractivity contribution in [2.24, 2.45) is 5.92 Å². The summed E-state index contributed by atoms with van der Waals surface area (Å²) in [5.41, 5.74) is 0.697. The second-order valence-electron chi connectivity index (χ2n) is 5.52. The Balaban J connectivity index is 1.70. The second kappa shape index (κ2) is 4.48. The molecule has 96 valence electrons. The molecule has 0 spiro atoms. The number of hydrogen-bond acceptors (Lipinski definition) is 3. The molecular weight excluding hydrogens is 228 g/mol. The molecule has 0 radical (unpaired) electrons. The summed E-state index contributed by atoms with van der Waals surface area (Å²) in [6, 6.07) is 9.97. The molecule has 3 heteroatoms. The van der Waals surface area contributed by atoms with E-state index >= 15 is 0 Å². The third-order valence-corrected chi connectivity index (χ3v) is 4.25. The van der Waals surface area contributed by atoms with Crippen LogP contribution in [0.3, 0.4) is 0 Å². The van der Waals surface area contributed by atoms with Crippen molar-refractivity contribution in [1.82, 2.24) is 0 Å². The van der Waals surface area contributed by atoms with Gasteiger partial charge in [0.2, 0.25) is 0 Å². The Bertz CT molecular complexity index is 442. The fourth-order valence-electron chi connectivity index (χ4n) is 3.21. The molecule has 3 unspecified atom stereocenters. The molecule has 3 fully saturated rings. The van der Waals surface area contributed by atoms with Crippen LogP contribution >= 0.6 is 0 Å². The van der Waals surface area contributed by atoms with E-state index in [0.29, 0.717) is 19.4 Å². The van der Waals surface area contributed by atoms with E-state index in [0.717, 1.165) is 18.4 Å². The van der Waals surface area contributed by atoms with Crippen molar-refractivity contribution in [2.75, 3.05) is 0 Å². The highest BCUT2D eigenvalue weighted by atomic mass is 16.5. The maximum Gasteiger partial charge on any atom is 0.141 e. The molecule has 1 aromatic carbocycles. The number of hydrogen-bond donors (Lipinski definition) is 1. The van der Waals surface area contributed by atoms with Crippen molar-refractivity contribution in [2.45, 2.75) is 44.0 Å². The summed E-state index contributed by atoms with van der Waals surface area (Å²) < 4.78 is 6.00. The predicted octanol–water partition coefficient (Wildman–Crippen LogP) is 2.08. The number of aliphatic hydroxyl groups excluding tert-OH is 1. The van der Waals surface area contributed by atoms with Crippen molar-refractivity contribution in [3.05, 3.63) is 35.9 Å². The van der Waals surface area contributed by atoms with E-state index in [-0.39, 0.29) is 11.7 Å². The Morgan fingerprint density at radius 3 is 2.78 bits per heavy atom. The van der Waals surface area contributed by atoms with Crippen LogP contribution in [0.15, 0.2) is 30.3 Å². The van der Waals surface area contributed by atoms with Gasteiger partial charge in [0, 0.05) is 18.8 Å². The highest BCUT2D eigenvalue weighted by Crippen LogP contribution is 2.45. The van der Waals surface area contributed by atoms with Crippen LogP contribution in [-0.2, 0) is 16.1 Å². The monoisotopic (exact) mass is 246 g/mol.